The van der Waals surface area contributed by atoms with Gasteiger partial charge in [-0.05, 0) is 37.1 Å². The highest BCUT2D eigenvalue weighted by Crippen LogP contribution is 2.30. The molecule has 1 amide bonds. The summed E-state index contributed by atoms with van der Waals surface area (Å²) in [4.78, 5) is 16.2. The van der Waals surface area contributed by atoms with Gasteiger partial charge in [0.25, 0.3) is 5.91 Å². The molecule has 1 aliphatic carbocycles. The minimum Gasteiger partial charge on any atom is -0.298 e. The number of nitrogens with zero attached hydrogens (tertiary/aromatic N) is 2. The van der Waals surface area contributed by atoms with E-state index in [2.05, 4.69) is 10.3 Å². The molecule has 2 aromatic rings. The quantitative estimate of drug-likeness (QED) is 0.907. The Morgan fingerprint density at radius 2 is 2.00 bits per heavy atom. The summed E-state index contributed by atoms with van der Waals surface area (Å²) in [5.74, 6) is -0.311. The van der Waals surface area contributed by atoms with Gasteiger partial charge in [0, 0.05) is 30.2 Å². The minimum atomic E-state index is -3.48. The fraction of sp³-hybridized carbons (Fsp3) is 0.286. The fourth-order valence-electron chi connectivity index (χ4n) is 2.03. The molecule has 3 rings (SSSR count). The second-order valence-electron chi connectivity index (χ2n) is 5.07. The highest BCUT2D eigenvalue weighted by molar-refractivity contribution is 7.89. The Kier molecular flexibility index (Phi) is 3.98. The SMILES string of the molecule is CN(C1CC1)S(=O)(=O)c1ccc(C(=O)Nc2nccs2)cc1. The lowest BCUT2D eigenvalue weighted by Gasteiger charge is -2.16. The molecule has 0 bridgehead atoms. The molecule has 0 unspecified atom stereocenters. The van der Waals surface area contributed by atoms with Crippen LogP contribution in [0.3, 0.4) is 0 Å². The fourth-order valence-corrected chi connectivity index (χ4v) is 3.97. The predicted octanol–water partition coefficient (Wildman–Crippen LogP) is 2.18. The smallest absolute Gasteiger partial charge is 0.257 e. The van der Waals surface area contributed by atoms with Crippen molar-refractivity contribution in [2.24, 2.45) is 0 Å². The molecular weight excluding hydrogens is 322 g/mol. The number of hydrogen-bond donors (Lipinski definition) is 1. The van der Waals surface area contributed by atoms with Crippen LogP contribution in [0.4, 0.5) is 5.13 Å². The van der Waals surface area contributed by atoms with Crippen LogP contribution in [0.1, 0.15) is 23.2 Å². The number of carbonyl (C=O) groups excluding carboxylic acids is 1. The molecule has 116 valence electrons. The molecule has 1 aliphatic rings. The first-order valence-corrected chi connectivity index (χ1v) is 9.09. The standard InChI is InChI=1S/C14H15N3O3S2/c1-17(11-4-5-11)22(19,20)12-6-2-10(3-7-12)13(18)16-14-15-8-9-21-14/h2-3,6-9,11H,4-5H2,1H3,(H,15,16,18). The monoisotopic (exact) mass is 337 g/mol. The number of thiazole rings is 1. The highest BCUT2D eigenvalue weighted by atomic mass is 32.2. The number of rotatable bonds is 5. The summed E-state index contributed by atoms with van der Waals surface area (Å²) in [5.41, 5.74) is 0.392. The predicted molar refractivity (Wildman–Crippen MR) is 84.5 cm³/mol. The Morgan fingerprint density at radius 1 is 1.32 bits per heavy atom. The van der Waals surface area contributed by atoms with Crippen molar-refractivity contribution >= 4 is 32.4 Å². The number of carbonyl (C=O) groups is 1. The van der Waals surface area contributed by atoms with Crippen molar-refractivity contribution in [1.82, 2.24) is 9.29 Å². The van der Waals surface area contributed by atoms with E-state index in [1.165, 1.54) is 39.9 Å². The van der Waals surface area contributed by atoms with E-state index in [9.17, 15) is 13.2 Å². The minimum absolute atomic E-state index is 0.109. The van der Waals surface area contributed by atoms with Gasteiger partial charge in [0.1, 0.15) is 0 Å². The van der Waals surface area contributed by atoms with Crippen LogP contribution in [0.15, 0.2) is 40.7 Å². The van der Waals surface area contributed by atoms with Crippen LogP contribution < -0.4 is 5.32 Å². The van der Waals surface area contributed by atoms with Gasteiger partial charge in [-0.15, -0.1) is 11.3 Å². The number of hydrogen-bond acceptors (Lipinski definition) is 5. The van der Waals surface area contributed by atoms with Crippen LogP contribution in [0.2, 0.25) is 0 Å². The molecule has 0 spiro atoms. The van der Waals surface area contributed by atoms with Crippen LogP contribution in [-0.4, -0.2) is 36.7 Å². The van der Waals surface area contributed by atoms with Gasteiger partial charge in [0.05, 0.1) is 4.90 Å². The highest BCUT2D eigenvalue weighted by Gasteiger charge is 2.34. The van der Waals surface area contributed by atoms with Crippen molar-refractivity contribution in [2.75, 3.05) is 12.4 Å². The zero-order chi connectivity index (χ0) is 15.7. The Bertz CT molecular complexity index is 766. The van der Waals surface area contributed by atoms with Crippen LogP contribution in [0, 0.1) is 0 Å². The first-order valence-electron chi connectivity index (χ1n) is 6.77. The number of sulfonamides is 1. The van der Waals surface area contributed by atoms with Gasteiger partial charge >= 0.3 is 0 Å². The first-order chi connectivity index (χ1) is 10.5. The third kappa shape index (κ3) is 3.03. The van der Waals surface area contributed by atoms with E-state index in [4.69, 9.17) is 0 Å². The van der Waals surface area contributed by atoms with Crippen LogP contribution in [0.25, 0.3) is 0 Å². The lowest BCUT2D eigenvalue weighted by atomic mass is 10.2. The maximum Gasteiger partial charge on any atom is 0.257 e. The summed E-state index contributed by atoms with van der Waals surface area (Å²) < 4.78 is 26.1. The first kappa shape index (κ1) is 15.1. The van der Waals surface area contributed by atoms with Crippen molar-refractivity contribution < 1.29 is 13.2 Å². The van der Waals surface area contributed by atoms with E-state index in [1.54, 1.807) is 18.6 Å². The maximum absolute atomic E-state index is 12.4. The average molecular weight is 337 g/mol. The van der Waals surface area contributed by atoms with Gasteiger partial charge in [-0.2, -0.15) is 4.31 Å². The van der Waals surface area contributed by atoms with E-state index in [-0.39, 0.29) is 16.8 Å². The van der Waals surface area contributed by atoms with Crippen molar-refractivity contribution in [3.63, 3.8) is 0 Å². The van der Waals surface area contributed by atoms with Gasteiger partial charge < -0.3 is 0 Å². The van der Waals surface area contributed by atoms with Gasteiger partial charge in [-0.3, -0.25) is 10.1 Å². The third-order valence-corrected chi connectivity index (χ3v) is 6.12. The molecule has 1 aromatic heterocycles. The second-order valence-corrected chi connectivity index (χ2v) is 7.96. The molecule has 1 saturated carbocycles. The number of nitrogens with one attached hydrogen (secondary N) is 1. The van der Waals surface area contributed by atoms with Crippen molar-refractivity contribution in [1.29, 1.82) is 0 Å². The molecule has 1 fully saturated rings. The molecule has 0 saturated heterocycles. The summed E-state index contributed by atoms with van der Waals surface area (Å²) in [7, 11) is -1.88. The Labute approximate surface area is 132 Å². The topological polar surface area (TPSA) is 79.4 Å². The van der Waals surface area contributed by atoms with E-state index in [0.29, 0.717) is 10.7 Å². The molecule has 22 heavy (non-hydrogen) atoms. The summed E-state index contributed by atoms with van der Waals surface area (Å²) in [6.07, 6.45) is 3.41. The van der Waals surface area contributed by atoms with Crippen LogP contribution >= 0.6 is 11.3 Å². The molecule has 0 aliphatic heterocycles. The van der Waals surface area contributed by atoms with Gasteiger partial charge in [-0.1, -0.05) is 0 Å². The van der Waals surface area contributed by atoms with Gasteiger partial charge in [0.15, 0.2) is 5.13 Å². The maximum atomic E-state index is 12.4. The largest absolute Gasteiger partial charge is 0.298 e. The molecule has 6 nitrogen and oxygen atoms in total. The van der Waals surface area contributed by atoms with Gasteiger partial charge in [-0.25, -0.2) is 13.4 Å². The van der Waals surface area contributed by atoms with Crippen LogP contribution in [-0.2, 0) is 10.0 Å². The summed E-state index contributed by atoms with van der Waals surface area (Å²) in [6, 6.07) is 6.06. The molecular formula is C14H15N3O3S2. The van der Waals surface area contributed by atoms with Crippen LogP contribution in [0.5, 0.6) is 0 Å². The van der Waals surface area contributed by atoms with Gasteiger partial charge in [0.2, 0.25) is 10.0 Å². The molecule has 1 aromatic carbocycles. The Balaban J connectivity index is 1.76. The Hall–Kier alpha value is -1.77. The molecule has 1 N–H and O–H groups in total. The number of aromatic nitrogens is 1. The summed E-state index contributed by atoms with van der Waals surface area (Å²) in [6.45, 7) is 0. The third-order valence-electron chi connectivity index (χ3n) is 3.51. The summed E-state index contributed by atoms with van der Waals surface area (Å²) in [5, 5.41) is 4.93. The molecule has 1 heterocycles. The van der Waals surface area contributed by atoms with Crippen molar-refractivity contribution in [3.05, 3.63) is 41.4 Å². The average Bonchev–Trinajstić information content (AvgIpc) is 3.24. The van der Waals surface area contributed by atoms with E-state index < -0.39 is 10.0 Å². The lowest BCUT2D eigenvalue weighted by molar-refractivity contribution is 0.102. The molecule has 0 atom stereocenters. The number of amides is 1. The summed E-state index contributed by atoms with van der Waals surface area (Å²) >= 11 is 1.32. The molecule has 0 radical (unpaired) electrons. The Morgan fingerprint density at radius 3 is 2.55 bits per heavy atom. The van der Waals surface area contributed by atoms with E-state index in [1.807, 2.05) is 0 Å². The number of anilines is 1. The second kappa shape index (κ2) is 5.79. The lowest BCUT2D eigenvalue weighted by Crippen LogP contribution is -2.29. The molecule has 8 heteroatoms. The van der Waals surface area contributed by atoms with E-state index >= 15 is 0 Å². The zero-order valence-electron chi connectivity index (χ0n) is 11.9. The van der Waals surface area contributed by atoms with Crippen molar-refractivity contribution in [3.8, 4) is 0 Å². The van der Waals surface area contributed by atoms with E-state index in [0.717, 1.165) is 12.8 Å². The zero-order valence-corrected chi connectivity index (χ0v) is 13.5. The van der Waals surface area contributed by atoms with Crippen molar-refractivity contribution in [2.45, 2.75) is 23.8 Å². The normalized spacial score (nSPS) is 15.0. The number of benzene rings is 1.